The second kappa shape index (κ2) is 10.5. The lowest BCUT2D eigenvalue weighted by atomic mass is 9.78. The summed E-state index contributed by atoms with van der Waals surface area (Å²) in [6, 6.07) is -0.127. The van der Waals surface area contributed by atoms with Crippen LogP contribution in [0, 0.1) is 17.8 Å². The molecule has 0 aromatic carbocycles. The van der Waals surface area contributed by atoms with Crippen molar-refractivity contribution in [1.82, 2.24) is 4.41 Å². The molecule has 6 atom stereocenters. The highest BCUT2D eigenvalue weighted by Crippen LogP contribution is 2.42. The molecule has 3 saturated carbocycles. The number of hydrogen-bond acceptors (Lipinski definition) is 5. The van der Waals surface area contributed by atoms with Crippen LogP contribution in [0.5, 0.6) is 0 Å². The Hall–Kier alpha value is -0.370. The number of rotatable bonds is 6. The molecule has 0 spiro atoms. The number of ether oxygens (including phenoxy) is 2. The maximum Gasteiger partial charge on any atom is 0.252 e. The lowest BCUT2D eigenvalue weighted by Crippen LogP contribution is -2.46. The van der Waals surface area contributed by atoms with Crippen LogP contribution in [0.2, 0.25) is 0 Å². The molecule has 6 nitrogen and oxygen atoms in total. The van der Waals surface area contributed by atoms with Crippen LogP contribution >= 0.6 is 11.6 Å². The summed E-state index contributed by atoms with van der Waals surface area (Å²) in [7, 11) is -0.00732. The van der Waals surface area contributed by atoms with E-state index < -0.39 is 10.0 Å². The molecule has 0 aromatic rings. The van der Waals surface area contributed by atoms with Crippen molar-refractivity contribution in [3.05, 3.63) is 0 Å². The van der Waals surface area contributed by atoms with E-state index >= 15 is 0 Å². The van der Waals surface area contributed by atoms with E-state index in [2.05, 4.69) is 6.92 Å². The molecule has 184 valence electrons. The highest BCUT2D eigenvalue weighted by molar-refractivity contribution is 7.89. The van der Waals surface area contributed by atoms with E-state index in [0.29, 0.717) is 5.92 Å². The Morgan fingerprint density at radius 2 is 1.62 bits per heavy atom. The van der Waals surface area contributed by atoms with Gasteiger partial charge in [-0.3, -0.25) is 0 Å². The molecule has 0 radical (unpaired) electrons. The van der Waals surface area contributed by atoms with E-state index in [1.54, 1.807) is 18.6 Å². The van der Waals surface area contributed by atoms with Gasteiger partial charge in [0.2, 0.25) is 0 Å². The number of hydrazone groups is 1. The molecule has 1 aliphatic heterocycles. The quantitative estimate of drug-likeness (QED) is 0.496. The predicted octanol–water partition coefficient (Wildman–Crippen LogP) is 4.95. The summed E-state index contributed by atoms with van der Waals surface area (Å²) in [6.45, 7) is 2.22. The molecule has 6 unspecified atom stereocenters. The van der Waals surface area contributed by atoms with Crippen LogP contribution in [0.1, 0.15) is 84.0 Å². The first-order chi connectivity index (χ1) is 15.3. The van der Waals surface area contributed by atoms with Crippen LogP contribution in [0.4, 0.5) is 0 Å². The van der Waals surface area contributed by atoms with Gasteiger partial charge in [-0.25, -0.2) is 8.42 Å². The van der Waals surface area contributed by atoms with Crippen molar-refractivity contribution in [2.45, 2.75) is 113 Å². The first-order valence-electron chi connectivity index (χ1n) is 12.6. The van der Waals surface area contributed by atoms with Crippen molar-refractivity contribution in [2.24, 2.45) is 22.9 Å². The fourth-order valence-corrected chi connectivity index (χ4v) is 8.94. The molecule has 1 heterocycles. The van der Waals surface area contributed by atoms with E-state index in [-0.39, 0.29) is 40.7 Å². The molecule has 0 aromatic heterocycles. The van der Waals surface area contributed by atoms with Gasteiger partial charge in [-0.1, -0.05) is 19.8 Å². The Labute approximate surface area is 199 Å². The average Bonchev–Trinajstić information content (AvgIpc) is 3.25. The molecule has 32 heavy (non-hydrogen) atoms. The Kier molecular flexibility index (Phi) is 8.11. The second-order valence-electron chi connectivity index (χ2n) is 10.6. The van der Waals surface area contributed by atoms with Gasteiger partial charge in [0.25, 0.3) is 10.0 Å². The number of sulfonamides is 1. The summed E-state index contributed by atoms with van der Waals surface area (Å²) in [5, 5.41) is 4.62. The van der Waals surface area contributed by atoms with Crippen molar-refractivity contribution in [1.29, 1.82) is 0 Å². The van der Waals surface area contributed by atoms with Gasteiger partial charge >= 0.3 is 0 Å². The predicted molar refractivity (Wildman–Crippen MR) is 129 cm³/mol. The van der Waals surface area contributed by atoms with E-state index in [1.165, 1.54) is 0 Å². The molecule has 0 N–H and O–H groups in total. The van der Waals surface area contributed by atoms with Crippen LogP contribution < -0.4 is 0 Å². The maximum absolute atomic E-state index is 13.8. The highest BCUT2D eigenvalue weighted by Gasteiger charge is 2.47. The molecule has 0 amide bonds. The Morgan fingerprint density at radius 3 is 2.28 bits per heavy atom. The van der Waals surface area contributed by atoms with Crippen molar-refractivity contribution in [3.63, 3.8) is 0 Å². The first kappa shape index (κ1) is 24.7. The van der Waals surface area contributed by atoms with Crippen LogP contribution in [-0.4, -0.2) is 61.6 Å². The summed E-state index contributed by atoms with van der Waals surface area (Å²) in [5.74, 6) is 1.04. The molecule has 0 saturated heterocycles. The van der Waals surface area contributed by atoms with Gasteiger partial charge < -0.3 is 9.47 Å². The minimum absolute atomic E-state index is 0.0286. The summed E-state index contributed by atoms with van der Waals surface area (Å²) >= 11 is 6.79. The van der Waals surface area contributed by atoms with Gasteiger partial charge in [-0.15, -0.1) is 11.6 Å². The van der Waals surface area contributed by atoms with E-state index in [9.17, 15) is 8.42 Å². The molecule has 0 bridgehead atoms. The number of hydrogen-bond donors (Lipinski definition) is 0. The molecular weight excluding hydrogens is 448 g/mol. The van der Waals surface area contributed by atoms with Gasteiger partial charge in [0.05, 0.1) is 23.5 Å². The van der Waals surface area contributed by atoms with Crippen LogP contribution in [0.3, 0.4) is 0 Å². The monoisotopic (exact) mass is 488 g/mol. The fraction of sp³-hybridized carbons (Fsp3) is 0.958. The van der Waals surface area contributed by atoms with Crippen molar-refractivity contribution in [2.75, 3.05) is 14.2 Å². The van der Waals surface area contributed by atoms with E-state index in [1.807, 2.05) is 0 Å². The topological polar surface area (TPSA) is 68.2 Å². The number of methoxy groups -OCH3 is 2. The average molecular weight is 489 g/mol. The van der Waals surface area contributed by atoms with E-state index in [4.69, 9.17) is 26.2 Å². The molecule has 8 heteroatoms. The summed E-state index contributed by atoms with van der Waals surface area (Å²) in [5.41, 5.74) is 1.04. The Balaban J connectivity index is 1.58. The van der Waals surface area contributed by atoms with Gasteiger partial charge in [-0.2, -0.15) is 9.52 Å². The molecule has 3 fully saturated rings. The zero-order chi connectivity index (χ0) is 22.9. The zero-order valence-electron chi connectivity index (χ0n) is 19.9. The van der Waals surface area contributed by atoms with Crippen molar-refractivity contribution < 1.29 is 17.9 Å². The minimum atomic E-state index is -3.48. The third-order valence-electron chi connectivity index (χ3n) is 8.61. The van der Waals surface area contributed by atoms with Crippen LogP contribution in [0.25, 0.3) is 0 Å². The lowest BCUT2D eigenvalue weighted by molar-refractivity contribution is -0.0639. The lowest BCUT2D eigenvalue weighted by Gasteiger charge is -2.38. The van der Waals surface area contributed by atoms with Gasteiger partial charge in [0.1, 0.15) is 0 Å². The summed E-state index contributed by atoms with van der Waals surface area (Å²) in [4.78, 5) is 0. The minimum Gasteiger partial charge on any atom is -0.379 e. The number of nitrogens with zero attached hydrogens (tertiary/aromatic N) is 2. The van der Waals surface area contributed by atoms with Crippen molar-refractivity contribution >= 4 is 27.3 Å². The summed E-state index contributed by atoms with van der Waals surface area (Å²) in [6.07, 6.45) is 11.2. The van der Waals surface area contributed by atoms with Crippen molar-refractivity contribution in [3.8, 4) is 0 Å². The standard InChI is InChI=1S/C24H41ClN2O4S/c1-16-8-11-18(12-9-16)32(28,29)27-22(19-6-4-5-7-20(19)25)15-21(26-27)17-10-13-23(30-2)24(14-17)31-3/h16-20,22-24H,4-15H2,1-3H3. The third kappa shape index (κ3) is 5.01. The molecule has 3 aliphatic carbocycles. The SMILES string of the molecule is COC1CCC(C2=NN(S(=O)(=O)C3CCC(C)CC3)C(C3CCCCC3Cl)C2)CC1OC. The largest absolute Gasteiger partial charge is 0.379 e. The highest BCUT2D eigenvalue weighted by atomic mass is 35.5. The number of alkyl halides is 1. The Bertz CT molecular complexity index is 768. The van der Waals surface area contributed by atoms with Gasteiger partial charge in [-0.05, 0) is 69.6 Å². The molecular formula is C24H41ClN2O4S. The molecule has 4 rings (SSSR count). The number of halogens is 1. The van der Waals surface area contributed by atoms with Crippen LogP contribution in [-0.2, 0) is 19.5 Å². The first-order valence-corrected chi connectivity index (χ1v) is 14.6. The second-order valence-corrected chi connectivity index (χ2v) is 13.2. The zero-order valence-corrected chi connectivity index (χ0v) is 21.5. The smallest absolute Gasteiger partial charge is 0.252 e. The normalized spacial score (nSPS) is 41.5. The Morgan fingerprint density at radius 1 is 0.938 bits per heavy atom. The van der Waals surface area contributed by atoms with E-state index in [0.717, 1.165) is 82.8 Å². The van der Waals surface area contributed by atoms with Gasteiger partial charge in [0.15, 0.2) is 0 Å². The summed E-state index contributed by atoms with van der Waals surface area (Å²) < 4.78 is 40.5. The van der Waals surface area contributed by atoms with Crippen LogP contribution in [0.15, 0.2) is 5.10 Å². The third-order valence-corrected chi connectivity index (χ3v) is 11.3. The fourth-order valence-electron chi connectivity index (χ4n) is 6.49. The van der Waals surface area contributed by atoms with Gasteiger partial charge in [0, 0.05) is 37.6 Å². The maximum atomic E-state index is 13.8. The molecule has 4 aliphatic rings.